The predicted molar refractivity (Wildman–Crippen MR) is 123 cm³/mol. The number of likely N-dealkylation sites (tertiary alicyclic amines) is 1. The third-order valence-electron chi connectivity index (χ3n) is 6.06. The molecular formula is C24H25N5OS. The van der Waals surface area contributed by atoms with E-state index in [1.807, 2.05) is 36.1 Å². The summed E-state index contributed by atoms with van der Waals surface area (Å²) in [6.45, 7) is 4.90. The second kappa shape index (κ2) is 8.23. The van der Waals surface area contributed by atoms with E-state index < -0.39 is 0 Å². The van der Waals surface area contributed by atoms with E-state index in [9.17, 15) is 4.79 Å². The number of benzene rings is 2. The lowest BCUT2D eigenvalue weighted by molar-refractivity contribution is 0.0559. The minimum atomic E-state index is 0.0532. The Morgan fingerprint density at radius 1 is 1.13 bits per heavy atom. The first-order valence-electron chi connectivity index (χ1n) is 10.7. The van der Waals surface area contributed by atoms with E-state index in [0.29, 0.717) is 11.5 Å². The van der Waals surface area contributed by atoms with Crippen LogP contribution >= 0.6 is 11.3 Å². The van der Waals surface area contributed by atoms with Crippen molar-refractivity contribution in [3.8, 4) is 5.69 Å². The lowest BCUT2D eigenvalue weighted by Gasteiger charge is -2.38. The summed E-state index contributed by atoms with van der Waals surface area (Å²) >= 11 is 1.77. The van der Waals surface area contributed by atoms with Crippen molar-refractivity contribution < 1.29 is 4.79 Å². The van der Waals surface area contributed by atoms with Crippen LogP contribution in [0.15, 0.2) is 54.9 Å². The molecule has 0 N–H and O–H groups in total. The van der Waals surface area contributed by atoms with Gasteiger partial charge in [0, 0.05) is 19.0 Å². The molecule has 1 fully saturated rings. The summed E-state index contributed by atoms with van der Waals surface area (Å²) in [7, 11) is 0. The van der Waals surface area contributed by atoms with Crippen LogP contribution in [0.25, 0.3) is 15.9 Å². The van der Waals surface area contributed by atoms with Crippen LogP contribution in [0, 0.1) is 12.8 Å². The largest absolute Gasteiger partial charge is 0.336 e. The van der Waals surface area contributed by atoms with Gasteiger partial charge in [0.2, 0.25) is 0 Å². The summed E-state index contributed by atoms with van der Waals surface area (Å²) < 4.78 is 1.23. The molecule has 158 valence electrons. The third-order valence-corrected chi connectivity index (χ3v) is 7.12. The Kier molecular flexibility index (Phi) is 5.28. The summed E-state index contributed by atoms with van der Waals surface area (Å²) in [4.78, 5) is 22.0. The lowest BCUT2D eigenvalue weighted by Crippen LogP contribution is -2.46. The number of nitrogens with zero attached hydrogens (tertiary/aromatic N) is 5. The maximum atomic E-state index is 13.7. The summed E-state index contributed by atoms with van der Waals surface area (Å²) in [5, 5.41) is 9.64. The summed E-state index contributed by atoms with van der Waals surface area (Å²) in [6, 6.07) is 14.3. The first kappa shape index (κ1) is 19.9. The Balaban J connectivity index is 1.39. The number of carbonyl (C=O) groups excluding carboxylic acids is 1. The molecule has 2 atom stereocenters. The van der Waals surface area contributed by atoms with Gasteiger partial charge in [0.05, 0.1) is 38.9 Å². The zero-order chi connectivity index (χ0) is 21.4. The van der Waals surface area contributed by atoms with Crippen molar-refractivity contribution in [2.75, 3.05) is 6.54 Å². The number of piperidine rings is 1. The van der Waals surface area contributed by atoms with Crippen molar-refractivity contribution in [2.45, 2.75) is 39.2 Å². The van der Waals surface area contributed by atoms with Gasteiger partial charge in [0.25, 0.3) is 5.91 Å². The molecular weight excluding hydrogens is 406 g/mol. The molecule has 2 unspecified atom stereocenters. The molecule has 0 aliphatic carbocycles. The van der Waals surface area contributed by atoms with Crippen LogP contribution in [-0.4, -0.2) is 43.4 Å². The highest BCUT2D eigenvalue weighted by atomic mass is 32.1. The number of aromatic nitrogens is 4. The second-order valence-corrected chi connectivity index (χ2v) is 9.48. The molecule has 31 heavy (non-hydrogen) atoms. The Hall–Kier alpha value is -3.06. The van der Waals surface area contributed by atoms with Gasteiger partial charge < -0.3 is 4.90 Å². The maximum absolute atomic E-state index is 13.7. The number of carbonyl (C=O) groups is 1. The van der Waals surface area contributed by atoms with Gasteiger partial charge in [-0.15, -0.1) is 11.3 Å². The average molecular weight is 432 g/mol. The number of thiazole rings is 1. The van der Waals surface area contributed by atoms with Gasteiger partial charge in [-0.25, -0.2) is 4.98 Å². The van der Waals surface area contributed by atoms with E-state index in [2.05, 4.69) is 35.3 Å². The Morgan fingerprint density at radius 2 is 1.94 bits per heavy atom. The predicted octanol–water partition coefficient (Wildman–Crippen LogP) is 4.67. The van der Waals surface area contributed by atoms with Crippen molar-refractivity contribution in [3.63, 3.8) is 0 Å². The molecule has 1 aliphatic rings. The maximum Gasteiger partial charge on any atom is 0.256 e. The van der Waals surface area contributed by atoms with Gasteiger partial charge in [0.1, 0.15) is 0 Å². The molecule has 0 saturated carbocycles. The molecule has 0 spiro atoms. The zero-order valence-electron chi connectivity index (χ0n) is 17.7. The van der Waals surface area contributed by atoms with Crippen LogP contribution in [0.2, 0.25) is 0 Å². The summed E-state index contributed by atoms with van der Waals surface area (Å²) in [5.74, 6) is 0.467. The van der Waals surface area contributed by atoms with Crippen molar-refractivity contribution in [3.05, 3.63) is 71.0 Å². The molecule has 2 aromatic heterocycles. The summed E-state index contributed by atoms with van der Waals surface area (Å²) in [5.41, 5.74) is 3.50. The highest BCUT2D eigenvalue weighted by Gasteiger charge is 2.31. The van der Waals surface area contributed by atoms with E-state index in [1.165, 1.54) is 9.50 Å². The third kappa shape index (κ3) is 3.97. The van der Waals surface area contributed by atoms with E-state index >= 15 is 0 Å². The number of rotatable bonds is 4. The fourth-order valence-electron chi connectivity index (χ4n) is 4.38. The van der Waals surface area contributed by atoms with Gasteiger partial charge >= 0.3 is 0 Å². The van der Waals surface area contributed by atoms with Gasteiger partial charge in [-0.2, -0.15) is 15.0 Å². The minimum Gasteiger partial charge on any atom is -0.336 e. The zero-order valence-corrected chi connectivity index (χ0v) is 18.5. The van der Waals surface area contributed by atoms with Crippen LogP contribution in [0.3, 0.4) is 0 Å². The van der Waals surface area contributed by atoms with Crippen molar-refractivity contribution >= 4 is 27.5 Å². The number of hydrogen-bond donors (Lipinski definition) is 0. The standard InChI is InChI=1S/C24H25N5OS/c1-16-7-10-21(29-25-11-12-26-29)19(13-16)24(30)28-15-18(9-8-17(28)2)14-23-27-20-5-3-4-6-22(20)31-23/h3-7,10-13,17-18H,8-9,14-15H2,1-2H3. The van der Waals surface area contributed by atoms with Crippen molar-refractivity contribution in [1.82, 2.24) is 24.9 Å². The molecule has 2 aromatic carbocycles. The van der Waals surface area contributed by atoms with E-state index in [-0.39, 0.29) is 11.9 Å². The fraction of sp³-hybridized carbons (Fsp3) is 0.333. The summed E-state index contributed by atoms with van der Waals surface area (Å²) in [6.07, 6.45) is 6.29. The topological polar surface area (TPSA) is 63.9 Å². The van der Waals surface area contributed by atoms with Gasteiger partial charge in [-0.05, 0) is 56.9 Å². The number of hydrogen-bond acceptors (Lipinski definition) is 5. The lowest BCUT2D eigenvalue weighted by atomic mass is 9.90. The number of aryl methyl sites for hydroxylation is 1. The Labute approximate surface area is 185 Å². The van der Waals surface area contributed by atoms with Crippen LogP contribution in [-0.2, 0) is 6.42 Å². The average Bonchev–Trinajstić information content (AvgIpc) is 3.44. The molecule has 1 aliphatic heterocycles. The smallest absolute Gasteiger partial charge is 0.256 e. The van der Waals surface area contributed by atoms with Gasteiger partial charge in [0.15, 0.2) is 0 Å². The first-order chi connectivity index (χ1) is 15.1. The number of amides is 1. The quantitative estimate of drug-likeness (QED) is 0.471. The molecule has 1 amide bonds. The molecule has 6 nitrogen and oxygen atoms in total. The van der Waals surface area contributed by atoms with Gasteiger partial charge in [-0.1, -0.05) is 23.8 Å². The SMILES string of the molecule is Cc1ccc(-n2nccn2)c(C(=O)N2CC(Cc3nc4ccccc4s3)CCC2C)c1. The van der Waals surface area contributed by atoms with Crippen LogP contribution in [0.5, 0.6) is 0 Å². The molecule has 7 heteroatoms. The first-order valence-corrected chi connectivity index (χ1v) is 11.5. The van der Waals surface area contributed by atoms with Crippen molar-refractivity contribution in [1.29, 1.82) is 0 Å². The molecule has 4 aromatic rings. The van der Waals surface area contributed by atoms with E-state index in [0.717, 1.165) is 47.6 Å². The Bertz CT molecular complexity index is 1180. The highest BCUT2D eigenvalue weighted by molar-refractivity contribution is 7.18. The molecule has 3 heterocycles. The van der Waals surface area contributed by atoms with Crippen LogP contribution in [0.1, 0.15) is 40.7 Å². The van der Waals surface area contributed by atoms with Crippen molar-refractivity contribution in [2.24, 2.45) is 5.92 Å². The minimum absolute atomic E-state index is 0.0532. The van der Waals surface area contributed by atoms with E-state index in [1.54, 1.807) is 23.7 Å². The van der Waals surface area contributed by atoms with Crippen LogP contribution < -0.4 is 0 Å². The normalized spacial score (nSPS) is 19.1. The highest BCUT2D eigenvalue weighted by Crippen LogP contribution is 2.30. The molecule has 0 bridgehead atoms. The van der Waals surface area contributed by atoms with Gasteiger partial charge in [-0.3, -0.25) is 4.79 Å². The Morgan fingerprint density at radius 3 is 2.74 bits per heavy atom. The van der Waals surface area contributed by atoms with Crippen LogP contribution in [0.4, 0.5) is 0 Å². The molecule has 0 radical (unpaired) electrons. The second-order valence-electron chi connectivity index (χ2n) is 8.37. The monoisotopic (exact) mass is 431 g/mol. The van der Waals surface area contributed by atoms with E-state index in [4.69, 9.17) is 4.98 Å². The number of para-hydroxylation sites is 1. The number of fused-ring (bicyclic) bond motifs is 1. The molecule has 5 rings (SSSR count). The fourth-order valence-corrected chi connectivity index (χ4v) is 5.46. The molecule has 1 saturated heterocycles.